The highest BCUT2D eigenvalue weighted by Crippen LogP contribution is 2.48. The maximum Gasteiger partial charge on any atom is 0.0639 e. The second-order valence-electron chi connectivity index (χ2n) is 16.7. The molecule has 0 aromatic heterocycles. The lowest BCUT2D eigenvalue weighted by Gasteiger charge is -2.43. The van der Waals surface area contributed by atoms with Gasteiger partial charge in [0, 0.05) is 11.8 Å². The molecule has 0 unspecified atom stereocenters. The molecule has 2 N–H and O–H groups in total. The predicted octanol–water partition coefficient (Wildman–Crippen LogP) is 13.4. The van der Waals surface area contributed by atoms with Crippen LogP contribution < -0.4 is 0 Å². The van der Waals surface area contributed by atoms with E-state index in [1.165, 1.54) is 33.4 Å². The number of allylic oxidation sites excluding steroid dienone is 24. The third kappa shape index (κ3) is 14.5. The number of hydrogen-bond donors (Lipinski definition) is 2. The zero-order chi connectivity index (χ0) is 38.9. The zero-order valence-electron chi connectivity index (χ0n) is 34.8. The molecule has 2 heteroatoms. The molecule has 2 nitrogen and oxygen atoms in total. The van der Waals surface area contributed by atoms with Crippen LogP contribution in [0.2, 0.25) is 0 Å². The van der Waals surface area contributed by atoms with Crippen LogP contribution in [-0.4, -0.2) is 23.4 Å². The fourth-order valence-electron chi connectivity index (χ4n) is 7.45. The van der Waals surface area contributed by atoms with Gasteiger partial charge in [0.1, 0.15) is 0 Å². The van der Waals surface area contributed by atoms with Gasteiger partial charge in [-0.1, -0.05) is 182 Å². The Morgan fingerprint density at radius 3 is 1.23 bits per heavy atom. The maximum absolute atomic E-state index is 9.41. The zero-order valence-corrected chi connectivity index (χ0v) is 34.8. The normalized spacial score (nSPS) is 25.7. The van der Waals surface area contributed by atoms with Crippen LogP contribution in [0, 0.1) is 34.5 Å². The van der Waals surface area contributed by atoms with Crippen molar-refractivity contribution in [2.45, 2.75) is 109 Å². The molecule has 0 heterocycles. The van der Waals surface area contributed by atoms with E-state index in [-0.39, 0.29) is 24.0 Å². The highest BCUT2D eigenvalue weighted by molar-refractivity contribution is 5.33. The molecule has 0 saturated heterocycles. The summed E-state index contributed by atoms with van der Waals surface area (Å²) < 4.78 is 0. The van der Waals surface area contributed by atoms with Gasteiger partial charge >= 0.3 is 0 Å². The van der Waals surface area contributed by atoms with Gasteiger partial charge in [-0.2, -0.15) is 0 Å². The monoisotopic (exact) mass is 705 g/mol. The van der Waals surface area contributed by atoms with Crippen LogP contribution in [0.4, 0.5) is 0 Å². The molecule has 52 heavy (non-hydrogen) atoms. The molecule has 0 bridgehead atoms. The van der Waals surface area contributed by atoms with Crippen LogP contribution in [0.1, 0.15) is 109 Å². The minimum Gasteiger partial charge on any atom is -0.392 e. The Hall–Kier alpha value is -3.46. The first-order chi connectivity index (χ1) is 24.5. The van der Waals surface area contributed by atoms with Gasteiger partial charge in [-0.3, -0.25) is 0 Å². The topological polar surface area (TPSA) is 40.5 Å². The highest BCUT2D eigenvalue weighted by Gasteiger charge is 2.39. The molecule has 0 aromatic rings. The molecule has 0 saturated carbocycles. The van der Waals surface area contributed by atoms with Gasteiger partial charge in [-0.15, -0.1) is 0 Å². The van der Waals surface area contributed by atoms with Crippen molar-refractivity contribution < 1.29 is 10.2 Å². The lowest BCUT2D eigenvalue weighted by Crippen LogP contribution is -2.35. The van der Waals surface area contributed by atoms with Crippen LogP contribution >= 0.6 is 0 Å². The van der Waals surface area contributed by atoms with Crippen molar-refractivity contribution in [3.05, 3.63) is 154 Å². The molecule has 0 fully saturated rings. The molecule has 0 aliphatic heterocycles. The van der Waals surface area contributed by atoms with Gasteiger partial charge in [-0.25, -0.2) is 0 Å². The maximum atomic E-state index is 9.41. The van der Waals surface area contributed by atoms with E-state index in [1.807, 2.05) is 13.8 Å². The van der Waals surface area contributed by atoms with Crippen molar-refractivity contribution in [2.75, 3.05) is 13.2 Å². The lowest BCUT2D eigenvalue weighted by molar-refractivity contribution is 0.154. The molecular formula is C50H72O2. The molecule has 2 aliphatic carbocycles. The summed E-state index contributed by atoms with van der Waals surface area (Å²) in [7, 11) is 0. The summed E-state index contributed by atoms with van der Waals surface area (Å²) in [5.41, 5.74) is 10.2. The first-order valence-electron chi connectivity index (χ1n) is 19.5. The minimum atomic E-state index is 0.144. The van der Waals surface area contributed by atoms with E-state index >= 15 is 0 Å². The fraction of sp³-hybridized carbons (Fsp3) is 0.480. The van der Waals surface area contributed by atoms with Crippen LogP contribution in [0.25, 0.3) is 0 Å². The molecule has 2 rings (SSSR count). The summed E-state index contributed by atoms with van der Waals surface area (Å²) >= 11 is 0. The van der Waals surface area contributed by atoms with Crippen molar-refractivity contribution in [2.24, 2.45) is 34.5 Å². The van der Waals surface area contributed by atoms with Gasteiger partial charge in [0.15, 0.2) is 0 Å². The standard InChI is InChI=1S/C50H72O2/c1-37(19-15-21-39(3)25-33-47-43(7)27-31-45(49(47,9)10)29-23-41(5)35-51)17-13-14-18-38(2)20-16-22-40(4)26-34-48-44(8)28-32-46(50(48,11)12)30-24-42(6)36-52/h13-28,33-34,45-48,51-52H,29-32,35-36H2,1-12H3/b14-13+,19-15+,20-16+,33-25+,34-26+,37-17+,38-18+,39-21+,40-22+,41-23+,42-24+/t45-,46-,47+,48+/m0/s1. The van der Waals surface area contributed by atoms with Crippen molar-refractivity contribution in [1.29, 1.82) is 0 Å². The van der Waals surface area contributed by atoms with Crippen LogP contribution in [-0.2, 0) is 0 Å². The Labute approximate surface area is 319 Å². The number of aliphatic hydroxyl groups excluding tert-OH is 2. The van der Waals surface area contributed by atoms with E-state index in [2.05, 4.69) is 179 Å². The molecule has 2 aliphatic rings. The van der Waals surface area contributed by atoms with Gasteiger partial charge in [-0.05, 0) is 104 Å². The molecule has 284 valence electrons. The van der Waals surface area contributed by atoms with Crippen molar-refractivity contribution in [3.63, 3.8) is 0 Å². The third-order valence-corrected chi connectivity index (χ3v) is 11.5. The number of hydrogen-bond acceptors (Lipinski definition) is 2. The Balaban J connectivity index is 1.94. The molecule has 0 amide bonds. The Bertz CT molecular complexity index is 1460. The molecular weight excluding hydrogens is 633 g/mol. The second-order valence-corrected chi connectivity index (χ2v) is 16.7. The third-order valence-electron chi connectivity index (χ3n) is 11.5. The van der Waals surface area contributed by atoms with E-state index in [0.717, 1.165) is 36.8 Å². The summed E-state index contributed by atoms with van der Waals surface area (Å²) in [5.74, 6) is 1.94. The lowest BCUT2D eigenvalue weighted by atomic mass is 9.61. The van der Waals surface area contributed by atoms with Crippen LogP contribution in [0.15, 0.2) is 154 Å². The van der Waals surface area contributed by atoms with Gasteiger partial charge < -0.3 is 10.2 Å². The molecule has 4 atom stereocenters. The Morgan fingerprint density at radius 1 is 0.558 bits per heavy atom. The van der Waals surface area contributed by atoms with E-state index < -0.39 is 0 Å². The fourth-order valence-corrected chi connectivity index (χ4v) is 7.45. The largest absolute Gasteiger partial charge is 0.392 e. The first kappa shape index (κ1) is 44.7. The van der Waals surface area contributed by atoms with Crippen molar-refractivity contribution in [3.8, 4) is 0 Å². The second kappa shape index (κ2) is 21.9. The number of rotatable bonds is 16. The van der Waals surface area contributed by atoms with Gasteiger partial charge in [0.05, 0.1) is 13.2 Å². The predicted molar refractivity (Wildman–Crippen MR) is 230 cm³/mol. The van der Waals surface area contributed by atoms with Gasteiger partial charge in [0.25, 0.3) is 0 Å². The molecule has 0 spiro atoms. The quantitative estimate of drug-likeness (QED) is 0.124. The average molecular weight is 705 g/mol. The Morgan fingerprint density at radius 2 is 0.885 bits per heavy atom. The minimum absolute atomic E-state index is 0.144. The Kier molecular flexibility index (Phi) is 18.8. The van der Waals surface area contributed by atoms with E-state index in [1.54, 1.807) is 0 Å². The smallest absolute Gasteiger partial charge is 0.0639 e. The van der Waals surface area contributed by atoms with Crippen molar-refractivity contribution in [1.82, 2.24) is 0 Å². The summed E-state index contributed by atoms with van der Waals surface area (Å²) in [4.78, 5) is 0. The number of aliphatic hydroxyl groups is 2. The summed E-state index contributed by atoms with van der Waals surface area (Å²) in [6, 6.07) is 0. The van der Waals surface area contributed by atoms with Gasteiger partial charge in [0.2, 0.25) is 0 Å². The van der Waals surface area contributed by atoms with E-state index in [9.17, 15) is 10.2 Å². The first-order valence-corrected chi connectivity index (χ1v) is 19.5. The highest BCUT2D eigenvalue weighted by atomic mass is 16.3. The summed E-state index contributed by atoms with van der Waals surface area (Å²) in [6.07, 6.45) is 44.2. The van der Waals surface area contributed by atoms with Crippen LogP contribution in [0.3, 0.4) is 0 Å². The SMILES string of the molecule is CC1=CC[C@H](C/C=C(\C)CO)C(C)(C)[C@@H]1/C=C/C(C)=C/C=C/C(C)=C/C=C/C=C(C)/C=C/C=C(C)/C=C/[C@@H]1C(C)=CC[C@H](C/C=C(\C)CO)C1(C)C. The molecule has 0 radical (unpaired) electrons. The summed E-state index contributed by atoms with van der Waals surface area (Å²) in [5, 5.41) is 18.8. The van der Waals surface area contributed by atoms with Crippen molar-refractivity contribution >= 4 is 0 Å². The molecule has 0 aromatic carbocycles. The van der Waals surface area contributed by atoms with E-state index in [4.69, 9.17) is 0 Å². The summed E-state index contributed by atoms with van der Waals surface area (Å²) in [6.45, 7) is 27.0. The van der Waals surface area contributed by atoms with E-state index in [0.29, 0.717) is 23.7 Å². The van der Waals surface area contributed by atoms with Crippen LogP contribution in [0.5, 0.6) is 0 Å². The average Bonchev–Trinajstić information content (AvgIpc) is 3.08.